The summed E-state index contributed by atoms with van der Waals surface area (Å²) in [7, 11) is 1.29. The molecule has 0 saturated carbocycles. The molecule has 5 nitrogen and oxygen atoms in total. The number of nitrogens with one attached hydrogen (secondary N) is 1. The van der Waals surface area contributed by atoms with Gasteiger partial charge in [-0.1, -0.05) is 23.7 Å². The van der Waals surface area contributed by atoms with E-state index in [-0.39, 0.29) is 18.6 Å². The monoisotopic (exact) mass is 296 g/mol. The van der Waals surface area contributed by atoms with Crippen molar-refractivity contribution >= 4 is 23.6 Å². The van der Waals surface area contributed by atoms with Crippen molar-refractivity contribution in [2.45, 2.75) is 18.9 Å². The molecule has 0 spiro atoms. The summed E-state index contributed by atoms with van der Waals surface area (Å²) in [4.78, 5) is 24.9. The van der Waals surface area contributed by atoms with Gasteiger partial charge >= 0.3 is 12.0 Å². The minimum atomic E-state index is -0.458. The van der Waals surface area contributed by atoms with Crippen molar-refractivity contribution in [3.63, 3.8) is 0 Å². The second-order valence-corrected chi connectivity index (χ2v) is 5.07. The summed E-state index contributed by atoms with van der Waals surface area (Å²) < 4.78 is 4.50. The Hall–Kier alpha value is -1.75. The van der Waals surface area contributed by atoms with Gasteiger partial charge in [-0.3, -0.25) is 4.79 Å². The van der Waals surface area contributed by atoms with E-state index >= 15 is 0 Å². The number of carbonyl (C=O) groups excluding carboxylic acids is 2. The van der Waals surface area contributed by atoms with Crippen LogP contribution in [-0.4, -0.2) is 37.1 Å². The average molecular weight is 297 g/mol. The average Bonchev–Trinajstić information content (AvgIpc) is 2.94. The number of methoxy groups -OCH3 is 1. The lowest BCUT2D eigenvalue weighted by atomic mass is 10.1. The highest BCUT2D eigenvalue weighted by Gasteiger charge is 2.29. The van der Waals surface area contributed by atoms with Gasteiger partial charge in [-0.05, 0) is 30.5 Å². The zero-order chi connectivity index (χ0) is 14.5. The van der Waals surface area contributed by atoms with Crippen molar-refractivity contribution in [1.29, 1.82) is 0 Å². The number of halogens is 1. The molecule has 2 rings (SSSR count). The van der Waals surface area contributed by atoms with E-state index in [0.29, 0.717) is 11.6 Å². The van der Waals surface area contributed by atoms with Crippen LogP contribution in [0.5, 0.6) is 0 Å². The third-order valence-corrected chi connectivity index (χ3v) is 3.63. The number of likely N-dealkylation sites (tertiary alicyclic amines) is 1. The molecule has 1 aliphatic rings. The van der Waals surface area contributed by atoms with Gasteiger partial charge < -0.3 is 15.0 Å². The van der Waals surface area contributed by atoms with Crippen molar-refractivity contribution in [2.75, 3.05) is 20.2 Å². The predicted molar refractivity (Wildman–Crippen MR) is 75.5 cm³/mol. The van der Waals surface area contributed by atoms with E-state index in [0.717, 1.165) is 18.4 Å². The Morgan fingerprint density at radius 2 is 2.10 bits per heavy atom. The molecule has 1 fully saturated rings. The van der Waals surface area contributed by atoms with Crippen molar-refractivity contribution in [3.05, 3.63) is 34.9 Å². The molecule has 108 valence electrons. The fraction of sp³-hybridized carbons (Fsp3) is 0.429. The van der Waals surface area contributed by atoms with Crippen LogP contribution < -0.4 is 5.32 Å². The fourth-order valence-corrected chi connectivity index (χ4v) is 2.49. The normalized spacial score (nSPS) is 17.9. The van der Waals surface area contributed by atoms with E-state index in [4.69, 9.17) is 11.6 Å². The van der Waals surface area contributed by atoms with Crippen LogP contribution in [0.15, 0.2) is 24.3 Å². The maximum atomic E-state index is 12.1. The van der Waals surface area contributed by atoms with Crippen LogP contribution >= 0.6 is 11.6 Å². The SMILES string of the molecule is COC(=O)CNC(=O)N1CCC[C@@H]1c1ccc(Cl)cc1. The quantitative estimate of drug-likeness (QED) is 0.871. The standard InChI is InChI=1S/C14H17ClN2O3/c1-20-13(18)9-16-14(19)17-8-2-3-12(17)10-4-6-11(15)7-5-10/h4-7,12H,2-3,8-9H2,1H3,(H,16,19)/t12-/m1/s1. The Morgan fingerprint density at radius 3 is 2.75 bits per heavy atom. The van der Waals surface area contributed by atoms with E-state index < -0.39 is 5.97 Å². The highest BCUT2D eigenvalue weighted by molar-refractivity contribution is 6.30. The minimum Gasteiger partial charge on any atom is -0.468 e. The van der Waals surface area contributed by atoms with Gasteiger partial charge in [0.1, 0.15) is 6.54 Å². The number of esters is 1. The smallest absolute Gasteiger partial charge is 0.325 e. The summed E-state index contributed by atoms with van der Waals surface area (Å²) in [5.41, 5.74) is 1.06. The molecule has 1 N–H and O–H groups in total. The van der Waals surface area contributed by atoms with Crippen LogP contribution in [0, 0.1) is 0 Å². The van der Waals surface area contributed by atoms with E-state index in [1.807, 2.05) is 24.3 Å². The Labute approximate surface area is 122 Å². The number of hydrogen-bond donors (Lipinski definition) is 1. The molecule has 1 aromatic rings. The molecular formula is C14H17ClN2O3. The number of hydrogen-bond acceptors (Lipinski definition) is 3. The number of carbonyl (C=O) groups is 2. The molecule has 1 aromatic carbocycles. The van der Waals surface area contributed by atoms with Crippen LogP contribution in [0.3, 0.4) is 0 Å². The van der Waals surface area contributed by atoms with Crippen LogP contribution in [0.2, 0.25) is 5.02 Å². The van der Waals surface area contributed by atoms with Gasteiger partial charge in [0.2, 0.25) is 0 Å². The molecule has 20 heavy (non-hydrogen) atoms. The summed E-state index contributed by atoms with van der Waals surface area (Å²) >= 11 is 5.87. The van der Waals surface area contributed by atoms with E-state index in [2.05, 4.69) is 10.1 Å². The van der Waals surface area contributed by atoms with E-state index in [1.54, 1.807) is 4.90 Å². The minimum absolute atomic E-state index is 0.0323. The molecule has 1 saturated heterocycles. The molecule has 1 heterocycles. The van der Waals surface area contributed by atoms with Crippen LogP contribution in [0.1, 0.15) is 24.4 Å². The molecule has 6 heteroatoms. The number of nitrogens with zero attached hydrogens (tertiary/aromatic N) is 1. The van der Waals surface area contributed by atoms with Gasteiger partial charge in [-0.2, -0.15) is 0 Å². The lowest BCUT2D eigenvalue weighted by Gasteiger charge is -2.25. The van der Waals surface area contributed by atoms with Gasteiger partial charge in [0.05, 0.1) is 13.2 Å². The Morgan fingerprint density at radius 1 is 1.40 bits per heavy atom. The Balaban J connectivity index is 2.01. The molecule has 0 radical (unpaired) electrons. The van der Waals surface area contributed by atoms with E-state index in [9.17, 15) is 9.59 Å². The van der Waals surface area contributed by atoms with Gasteiger partial charge in [-0.15, -0.1) is 0 Å². The number of benzene rings is 1. The lowest BCUT2D eigenvalue weighted by molar-refractivity contribution is -0.139. The predicted octanol–water partition coefficient (Wildman–Crippen LogP) is 2.36. The topological polar surface area (TPSA) is 58.6 Å². The molecule has 1 atom stereocenters. The summed E-state index contributed by atoms with van der Waals surface area (Å²) in [5, 5.41) is 3.25. The van der Waals surface area contributed by atoms with E-state index in [1.165, 1.54) is 7.11 Å². The van der Waals surface area contributed by atoms with Crippen molar-refractivity contribution in [2.24, 2.45) is 0 Å². The summed E-state index contributed by atoms with van der Waals surface area (Å²) in [5.74, 6) is -0.458. The molecule has 2 amide bonds. The second-order valence-electron chi connectivity index (χ2n) is 4.64. The highest BCUT2D eigenvalue weighted by atomic mass is 35.5. The lowest BCUT2D eigenvalue weighted by Crippen LogP contribution is -2.41. The van der Waals surface area contributed by atoms with Gasteiger partial charge in [-0.25, -0.2) is 4.79 Å². The van der Waals surface area contributed by atoms with Crippen LogP contribution in [0.25, 0.3) is 0 Å². The van der Waals surface area contributed by atoms with Crippen molar-refractivity contribution in [1.82, 2.24) is 10.2 Å². The summed E-state index contributed by atoms with van der Waals surface area (Å²) in [6.07, 6.45) is 1.85. The van der Waals surface area contributed by atoms with Crippen LogP contribution in [0.4, 0.5) is 4.79 Å². The number of rotatable bonds is 3. The molecule has 0 unspecified atom stereocenters. The molecule has 0 aliphatic carbocycles. The molecule has 0 aromatic heterocycles. The van der Waals surface area contributed by atoms with Gasteiger partial charge in [0.25, 0.3) is 0 Å². The second kappa shape index (κ2) is 6.61. The largest absolute Gasteiger partial charge is 0.468 e. The third-order valence-electron chi connectivity index (χ3n) is 3.38. The first-order valence-corrected chi connectivity index (χ1v) is 6.86. The maximum Gasteiger partial charge on any atom is 0.325 e. The Kier molecular flexibility index (Phi) is 4.84. The first-order chi connectivity index (χ1) is 9.61. The number of amides is 2. The zero-order valence-corrected chi connectivity index (χ0v) is 12.0. The molecule has 0 bridgehead atoms. The third kappa shape index (κ3) is 3.42. The Bertz CT molecular complexity index is 490. The van der Waals surface area contributed by atoms with Gasteiger partial charge in [0, 0.05) is 11.6 Å². The fourth-order valence-electron chi connectivity index (χ4n) is 2.36. The molecule has 1 aliphatic heterocycles. The maximum absolute atomic E-state index is 12.1. The summed E-state index contributed by atoms with van der Waals surface area (Å²) in [6.45, 7) is 0.569. The number of urea groups is 1. The molecular weight excluding hydrogens is 280 g/mol. The first kappa shape index (κ1) is 14.7. The van der Waals surface area contributed by atoms with Gasteiger partial charge in [0.15, 0.2) is 0 Å². The van der Waals surface area contributed by atoms with Crippen molar-refractivity contribution in [3.8, 4) is 0 Å². The summed E-state index contributed by atoms with van der Waals surface area (Å²) in [6, 6.07) is 7.29. The first-order valence-electron chi connectivity index (χ1n) is 6.48. The zero-order valence-electron chi connectivity index (χ0n) is 11.3. The number of ether oxygens (including phenoxy) is 1. The highest BCUT2D eigenvalue weighted by Crippen LogP contribution is 2.32. The van der Waals surface area contributed by atoms with Crippen LogP contribution in [-0.2, 0) is 9.53 Å². The van der Waals surface area contributed by atoms with Crippen molar-refractivity contribution < 1.29 is 14.3 Å².